The van der Waals surface area contributed by atoms with Gasteiger partial charge in [-0.1, -0.05) is 18.2 Å². The molecule has 0 aliphatic carbocycles. The van der Waals surface area contributed by atoms with Crippen LogP contribution in [0.3, 0.4) is 0 Å². The molecule has 2 aliphatic rings. The van der Waals surface area contributed by atoms with Crippen molar-refractivity contribution in [2.75, 3.05) is 44.8 Å². The predicted octanol–water partition coefficient (Wildman–Crippen LogP) is 1.73. The Morgan fingerprint density at radius 3 is 2.73 bits per heavy atom. The molecule has 1 unspecified atom stereocenters. The van der Waals surface area contributed by atoms with Gasteiger partial charge in [0.25, 0.3) is 0 Å². The molecule has 3 rings (SSSR count). The Morgan fingerprint density at radius 1 is 1.27 bits per heavy atom. The Bertz CT molecular complexity index is 488. The van der Waals surface area contributed by atoms with Crippen LogP contribution < -0.4 is 4.90 Å². The normalized spacial score (nSPS) is 22.8. The van der Waals surface area contributed by atoms with E-state index in [2.05, 4.69) is 0 Å². The molecule has 0 aromatic heterocycles. The molecule has 1 aromatic carbocycles. The second-order valence-corrected chi connectivity index (χ2v) is 6.04. The third kappa shape index (κ3) is 3.59. The second-order valence-electron chi connectivity index (χ2n) is 6.04. The average molecular weight is 304 g/mol. The third-order valence-electron chi connectivity index (χ3n) is 4.41. The number of hydrogen-bond acceptors (Lipinski definition) is 4. The number of carbonyl (C=O) groups excluding carboxylic acids is 1. The zero-order chi connectivity index (χ0) is 15.4. The van der Waals surface area contributed by atoms with Crippen LogP contribution in [-0.4, -0.2) is 57.0 Å². The first-order chi connectivity index (χ1) is 10.7. The van der Waals surface area contributed by atoms with Crippen LogP contribution in [0.5, 0.6) is 0 Å². The first-order valence-corrected chi connectivity index (χ1v) is 8.01. The molecule has 2 heterocycles. The Kier molecular flexibility index (Phi) is 4.95. The highest BCUT2D eigenvalue weighted by Crippen LogP contribution is 2.25. The Labute approximate surface area is 131 Å². The molecule has 1 atom stereocenters. The number of likely N-dealkylation sites (tertiary alicyclic amines) is 1. The summed E-state index contributed by atoms with van der Waals surface area (Å²) in [5, 5.41) is 0. The number of rotatable bonds is 4. The van der Waals surface area contributed by atoms with E-state index < -0.39 is 0 Å². The lowest BCUT2D eigenvalue weighted by molar-refractivity contribution is -0.137. The number of ether oxygens (including phenoxy) is 2. The molecule has 2 aliphatic heterocycles. The van der Waals surface area contributed by atoms with Crippen molar-refractivity contribution in [2.45, 2.75) is 19.1 Å². The molecule has 5 heteroatoms. The van der Waals surface area contributed by atoms with Crippen molar-refractivity contribution in [3.05, 3.63) is 30.3 Å². The number of piperidine rings is 1. The van der Waals surface area contributed by atoms with Crippen molar-refractivity contribution >= 4 is 11.6 Å². The lowest BCUT2D eigenvalue weighted by atomic mass is 9.97. The van der Waals surface area contributed by atoms with Crippen LogP contribution in [0.2, 0.25) is 0 Å². The van der Waals surface area contributed by atoms with Gasteiger partial charge in [-0.25, -0.2) is 0 Å². The third-order valence-corrected chi connectivity index (χ3v) is 4.41. The zero-order valence-electron chi connectivity index (χ0n) is 13.1. The topological polar surface area (TPSA) is 42.0 Å². The van der Waals surface area contributed by atoms with Crippen LogP contribution in [-0.2, 0) is 14.3 Å². The lowest BCUT2D eigenvalue weighted by Gasteiger charge is -2.35. The molecular weight excluding hydrogens is 280 g/mol. The van der Waals surface area contributed by atoms with Gasteiger partial charge >= 0.3 is 0 Å². The molecule has 0 N–H and O–H groups in total. The van der Waals surface area contributed by atoms with E-state index in [1.807, 2.05) is 47.2 Å². The number of benzene rings is 1. The lowest BCUT2D eigenvalue weighted by Crippen LogP contribution is -2.47. The van der Waals surface area contributed by atoms with Gasteiger partial charge in [0.2, 0.25) is 5.91 Å². The highest BCUT2D eigenvalue weighted by molar-refractivity contribution is 5.81. The van der Waals surface area contributed by atoms with E-state index in [9.17, 15) is 4.79 Å². The van der Waals surface area contributed by atoms with E-state index >= 15 is 0 Å². The van der Waals surface area contributed by atoms with Gasteiger partial charge in [0, 0.05) is 31.7 Å². The summed E-state index contributed by atoms with van der Waals surface area (Å²) in [6.45, 7) is 3.33. The van der Waals surface area contributed by atoms with E-state index in [4.69, 9.17) is 9.47 Å². The first-order valence-electron chi connectivity index (χ1n) is 8.01. The van der Waals surface area contributed by atoms with Crippen LogP contribution in [0, 0.1) is 5.92 Å². The van der Waals surface area contributed by atoms with Crippen molar-refractivity contribution in [1.29, 1.82) is 0 Å². The quantitative estimate of drug-likeness (QED) is 0.849. The fourth-order valence-electron chi connectivity index (χ4n) is 3.18. The molecule has 2 saturated heterocycles. The minimum Gasteiger partial charge on any atom is -0.365 e. The van der Waals surface area contributed by atoms with Crippen molar-refractivity contribution in [3.63, 3.8) is 0 Å². The van der Waals surface area contributed by atoms with Gasteiger partial charge in [-0.2, -0.15) is 0 Å². The van der Waals surface area contributed by atoms with E-state index in [1.165, 1.54) is 0 Å². The minimum atomic E-state index is -0.123. The molecule has 0 spiro atoms. The van der Waals surface area contributed by atoms with Gasteiger partial charge in [0.1, 0.15) is 0 Å². The Balaban J connectivity index is 1.55. The molecule has 0 saturated carbocycles. The summed E-state index contributed by atoms with van der Waals surface area (Å²) < 4.78 is 11.2. The largest absolute Gasteiger partial charge is 0.365 e. The Morgan fingerprint density at radius 2 is 2.00 bits per heavy atom. The summed E-state index contributed by atoms with van der Waals surface area (Å²) in [7, 11) is 1.96. The molecule has 120 valence electrons. The van der Waals surface area contributed by atoms with Crippen LogP contribution in [0.15, 0.2) is 30.3 Å². The summed E-state index contributed by atoms with van der Waals surface area (Å²) in [5.41, 5.74) is 1.06. The van der Waals surface area contributed by atoms with Crippen molar-refractivity contribution in [1.82, 2.24) is 4.90 Å². The molecule has 5 nitrogen and oxygen atoms in total. The number of nitrogens with zero attached hydrogens (tertiary/aromatic N) is 2. The summed E-state index contributed by atoms with van der Waals surface area (Å²) in [6, 6.07) is 10.00. The number of hydrogen-bond donors (Lipinski definition) is 0. The number of para-hydroxylation sites is 1. The van der Waals surface area contributed by atoms with Crippen molar-refractivity contribution < 1.29 is 14.3 Å². The van der Waals surface area contributed by atoms with Crippen molar-refractivity contribution in [3.8, 4) is 0 Å². The standard InChI is InChI=1S/C17H24N2O3/c1-18(15-7-3-2-4-8-15)13-16(20)19-9-5-6-14(12-19)17-21-10-11-22-17/h2-4,7-8,14,17H,5-6,9-13H2,1H3. The van der Waals surface area contributed by atoms with Gasteiger partial charge in [-0.15, -0.1) is 0 Å². The highest BCUT2D eigenvalue weighted by atomic mass is 16.7. The summed E-state index contributed by atoms with van der Waals surface area (Å²) in [6.07, 6.45) is 1.97. The number of carbonyl (C=O) groups is 1. The van der Waals surface area contributed by atoms with Gasteiger partial charge in [-0.3, -0.25) is 4.79 Å². The fraction of sp³-hybridized carbons (Fsp3) is 0.588. The molecule has 1 amide bonds. The van der Waals surface area contributed by atoms with Crippen LogP contribution in [0.4, 0.5) is 5.69 Å². The summed E-state index contributed by atoms with van der Waals surface area (Å²) in [5.74, 6) is 0.483. The van der Waals surface area contributed by atoms with E-state index in [1.54, 1.807) is 0 Å². The predicted molar refractivity (Wildman–Crippen MR) is 84.7 cm³/mol. The first kappa shape index (κ1) is 15.3. The SMILES string of the molecule is CN(CC(=O)N1CCCC(C2OCCO2)C1)c1ccccc1. The number of anilines is 1. The fourth-order valence-corrected chi connectivity index (χ4v) is 3.18. The van der Waals surface area contributed by atoms with Gasteiger partial charge in [0.15, 0.2) is 6.29 Å². The summed E-state index contributed by atoms with van der Waals surface area (Å²) >= 11 is 0. The maximum atomic E-state index is 12.5. The molecule has 1 aromatic rings. The van der Waals surface area contributed by atoms with Gasteiger partial charge in [-0.05, 0) is 25.0 Å². The molecule has 0 bridgehead atoms. The van der Waals surface area contributed by atoms with Gasteiger partial charge < -0.3 is 19.3 Å². The number of likely N-dealkylation sites (N-methyl/N-ethyl adjacent to an activating group) is 1. The van der Waals surface area contributed by atoms with E-state index in [-0.39, 0.29) is 12.2 Å². The van der Waals surface area contributed by atoms with Crippen LogP contribution >= 0.6 is 0 Å². The maximum Gasteiger partial charge on any atom is 0.242 e. The molecule has 2 fully saturated rings. The van der Waals surface area contributed by atoms with Crippen LogP contribution in [0.1, 0.15) is 12.8 Å². The highest BCUT2D eigenvalue weighted by Gasteiger charge is 2.32. The monoisotopic (exact) mass is 304 g/mol. The Hall–Kier alpha value is -1.59. The second kappa shape index (κ2) is 7.11. The maximum absolute atomic E-state index is 12.5. The van der Waals surface area contributed by atoms with Crippen LogP contribution in [0.25, 0.3) is 0 Å². The number of amides is 1. The zero-order valence-corrected chi connectivity index (χ0v) is 13.1. The van der Waals surface area contributed by atoms with Crippen molar-refractivity contribution in [2.24, 2.45) is 5.92 Å². The van der Waals surface area contributed by atoms with Gasteiger partial charge in [0.05, 0.1) is 19.8 Å². The molecule has 0 radical (unpaired) electrons. The van der Waals surface area contributed by atoms with E-state index in [0.717, 1.165) is 31.6 Å². The average Bonchev–Trinajstić information content (AvgIpc) is 3.10. The summed E-state index contributed by atoms with van der Waals surface area (Å²) in [4.78, 5) is 16.5. The minimum absolute atomic E-state index is 0.123. The molecule has 22 heavy (non-hydrogen) atoms. The smallest absolute Gasteiger partial charge is 0.242 e. The molecular formula is C17H24N2O3. The van der Waals surface area contributed by atoms with E-state index in [0.29, 0.717) is 25.7 Å².